The van der Waals surface area contributed by atoms with Gasteiger partial charge >= 0.3 is 0 Å². The molecule has 28 heavy (non-hydrogen) atoms. The van der Waals surface area contributed by atoms with Crippen LogP contribution in [0, 0.1) is 11.8 Å². The molecule has 4 heteroatoms. The molecule has 4 atom stereocenters. The van der Waals surface area contributed by atoms with E-state index in [1.165, 1.54) is 18.1 Å². The SMILES string of the molecule is CC(=O)N1C(=O)C(C)C(CC(CC(C)c2ccccc2)c2ccccc2)C1=O. The second kappa shape index (κ2) is 8.51. The van der Waals surface area contributed by atoms with Crippen LogP contribution in [0.4, 0.5) is 0 Å². The number of imide groups is 3. The average molecular weight is 377 g/mol. The molecule has 4 unspecified atom stereocenters. The summed E-state index contributed by atoms with van der Waals surface area (Å²) in [5.41, 5.74) is 2.43. The average Bonchev–Trinajstić information content (AvgIpc) is 2.91. The van der Waals surface area contributed by atoms with E-state index in [0.29, 0.717) is 12.3 Å². The number of nitrogens with zero attached hydrogens (tertiary/aromatic N) is 1. The highest BCUT2D eigenvalue weighted by atomic mass is 16.2. The third kappa shape index (κ3) is 4.06. The van der Waals surface area contributed by atoms with Gasteiger partial charge in [-0.2, -0.15) is 0 Å². The van der Waals surface area contributed by atoms with Gasteiger partial charge in [0.25, 0.3) is 0 Å². The van der Waals surface area contributed by atoms with Crippen molar-refractivity contribution in [2.24, 2.45) is 11.8 Å². The van der Waals surface area contributed by atoms with E-state index in [4.69, 9.17) is 0 Å². The fraction of sp³-hybridized carbons (Fsp3) is 0.375. The molecule has 0 radical (unpaired) electrons. The molecular weight excluding hydrogens is 350 g/mol. The first-order chi connectivity index (χ1) is 13.4. The minimum absolute atomic E-state index is 0.132. The second-order valence-electron chi connectivity index (χ2n) is 7.82. The molecule has 0 saturated carbocycles. The van der Waals surface area contributed by atoms with Gasteiger partial charge in [0.15, 0.2) is 0 Å². The van der Waals surface area contributed by atoms with Crippen molar-refractivity contribution in [1.29, 1.82) is 0 Å². The Kier molecular flexibility index (Phi) is 6.08. The van der Waals surface area contributed by atoms with Crippen LogP contribution in [0.1, 0.15) is 56.6 Å². The van der Waals surface area contributed by atoms with E-state index in [1.54, 1.807) is 6.92 Å². The van der Waals surface area contributed by atoms with Gasteiger partial charge in [-0.05, 0) is 35.8 Å². The Morgan fingerprint density at radius 2 is 1.46 bits per heavy atom. The van der Waals surface area contributed by atoms with Crippen molar-refractivity contribution in [3.05, 3.63) is 71.8 Å². The molecule has 0 aromatic heterocycles. The maximum absolute atomic E-state index is 12.8. The lowest BCUT2D eigenvalue weighted by molar-refractivity contribution is -0.149. The fourth-order valence-electron chi connectivity index (χ4n) is 4.22. The molecule has 146 valence electrons. The van der Waals surface area contributed by atoms with Gasteiger partial charge < -0.3 is 0 Å². The van der Waals surface area contributed by atoms with Crippen LogP contribution in [0.2, 0.25) is 0 Å². The van der Waals surface area contributed by atoms with Gasteiger partial charge in [0.05, 0.1) is 5.92 Å². The summed E-state index contributed by atoms with van der Waals surface area (Å²) in [6.45, 7) is 5.23. The van der Waals surface area contributed by atoms with Crippen LogP contribution in [0.5, 0.6) is 0 Å². The van der Waals surface area contributed by atoms with Crippen molar-refractivity contribution in [2.75, 3.05) is 0 Å². The zero-order chi connectivity index (χ0) is 20.3. The van der Waals surface area contributed by atoms with Gasteiger partial charge in [-0.3, -0.25) is 14.4 Å². The van der Waals surface area contributed by atoms with Crippen molar-refractivity contribution < 1.29 is 14.4 Å². The van der Waals surface area contributed by atoms with E-state index in [9.17, 15) is 14.4 Å². The third-order valence-electron chi connectivity index (χ3n) is 5.88. The molecule has 0 aliphatic carbocycles. The lowest BCUT2D eigenvalue weighted by Gasteiger charge is -2.25. The van der Waals surface area contributed by atoms with Crippen molar-refractivity contribution in [1.82, 2.24) is 4.90 Å². The highest BCUT2D eigenvalue weighted by molar-refractivity contribution is 6.16. The number of amides is 3. The van der Waals surface area contributed by atoms with Crippen molar-refractivity contribution in [3.8, 4) is 0 Å². The molecule has 1 heterocycles. The Morgan fingerprint density at radius 3 is 1.96 bits per heavy atom. The Bertz CT molecular complexity index is 847. The summed E-state index contributed by atoms with van der Waals surface area (Å²) in [6.07, 6.45) is 1.44. The van der Waals surface area contributed by atoms with Crippen LogP contribution in [0.3, 0.4) is 0 Å². The summed E-state index contributed by atoms with van der Waals surface area (Å²) in [5, 5.41) is 0. The van der Waals surface area contributed by atoms with Crippen LogP contribution in [-0.4, -0.2) is 22.6 Å². The van der Waals surface area contributed by atoms with Crippen LogP contribution in [0.15, 0.2) is 60.7 Å². The molecule has 2 aromatic rings. The summed E-state index contributed by atoms with van der Waals surface area (Å²) < 4.78 is 0. The topological polar surface area (TPSA) is 54.5 Å². The molecule has 3 amide bonds. The fourth-order valence-corrected chi connectivity index (χ4v) is 4.22. The Morgan fingerprint density at radius 1 is 0.929 bits per heavy atom. The smallest absolute Gasteiger partial charge is 0.239 e. The molecule has 1 aliphatic rings. The van der Waals surface area contributed by atoms with Crippen LogP contribution in [0.25, 0.3) is 0 Å². The van der Waals surface area contributed by atoms with E-state index in [1.807, 2.05) is 36.4 Å². The van der Waals surface area contributed by atoms with Gasteiger partial charge in [-0.1, -0.05) is 74.5 Å². The summed E-state index contributed by atoms with van der Waals surface area (Å²) in [5.74, 6) is -1.67. The first-order valence-electron chi connectivity index (χ1n) is 9.88. The lowest BCUT2D eigenvalue weighted by Crippen LogP contribution is -2.35. The van der Waals surface area contributed by atoms with E-state index in [-0.39, 0.29) is 17.7 Å². The minimum Gasteiger partial charge on any atom is -0.274 e. The largest absolute Gasteiger partial charge is 0.274 e. The van der Waals surface area contributed by atoms with Crippen LogP contribution < -0.4 is 0 Å². The van der Waals surface area contributed by atoms with E-state index >= 15 is 0 Å². The van der Waals surface area contributed by atoms with Crippen molar-refractivity contribution in [2.45, 2.75) is 45.4 Å². The third-order valence-corrected chi connectivity index (χ3v) is 5.88. The van der Waals surface area contributed by atoms with Crippen LogP contribution >= 0.6 is 0 Å². The predicted octanol–water partition coefficient (Wildman–Crippen LogP) is 4.52. The Balaban J connectivity index is 1.85. The predicted molar refractivity (Wildman–Crippen MR) is 108 cm³/mol. The first-order valence-corrected chi connectivity index (χ1v) is 9.88. The number of hydrogen-bond acceptors (Lipinski definition) is 3. The van der Waals surface area contributed by atoms with Gasteiger partial charge in [0.2, 0.25) is 17.7 Å². The zero-order valence-corrected chi connectivity index (χ0v) is 16.7. The highest BCUT2D eigenvalue weighted by Gasteiger charge is 2.47. The number of benzene rings is 2. The molecule has 0 bridgehead atoms. The maximum atomic E-state index is 12.8. The molecule has 3 rings (SSSR count). The highest BCUT2D eigenvalue weighted by Crippen LogP contribution is 2.39. The number of likely N-dealkylation sites (tertiary alicyclic amines) is 1. The lowest BCUT2D eigenvalue weighted by atomic mass is 9.78. The number of carbonyl (C=O) groups excluding carboxylic acids is 3. The molecular formula is C24H27NO3. The number of carbonyl (C=O) groups is 3. The molecule has 2 aromatic carbocycles. The molecule has 1 fully saturated rings. The normalized spacial score (nSPS) is 21.6. The van der Waals surface area contributed by atoms with E-state index < -0.39 is 17.7 Å². The second-order valence-corrected chi connectivity index (χ2v) is 7.82. The standard InChI is InChI=1S/C24H27NO3/c1-16(19-10-6-4-7-11-19)14-21(20-12-8-5-9-13-20)15-22-17(2)23(27)25(18(3)26)24(22)28/h4-13,16-17,21-22H,14-15H2,1-3H3. The Hall–Kier alpha value is -2.75. The number of rotatable bonds is 6. The van der Waals surface area contributed by atoms with E-state index in [2.05, 4.69) is 31.2 Å². The summed E-state index contributed by atoms with van der Waals surface area (Å²) in [7, 11) is 0. The van der Waals surface area contributed by atoms with Crippen molar-refractivity contribution in [3.63, 3.8) is 0 Å². The molecule has 1 saturated heterocycles. The van der Waals surface area contributed by atoms with Crippen molar-refractivity contribution >= 4 is 17.7 Å². The summed E-state index contributed by atoms with van der Waals surface area (Å²) >= 11 is 0. The van der Waals surface area contributed by atoms with Gasteiger partial charge in [0.1, 0.15) is 0 Å². The first kappa shape index (κ1) is 20.0. The summed E-state index contributed by atoms with van der Waals surface area (Å²) in [4.78, 5) is 37.8. The molecule has 0 N–H and O–H groups in total. The monoisotopic (exact) mass is 377 g/mol. The zero-order valence-electron chi connectivity index (χ0n) is 16.7. The number of hydrogen-bond donors (Lipinski definition) is 0. The molecule has 0 spiro atoms. The van der Waals surface area contributed by atoms with E-state index in [0.717, 1.165) is 11.3 Å². The maximum Gasteiger partial charge on any atom is 0.239 e. The van der Waals surface area contributed by atoms with Gasteiger partial charge in [-0.15, -0.1) is 0 Å². The molecule has 1 aliphatic heterocycles. The quantitative estimate of drug-likeness (QED) is 0.696. The summed E-state index contributed by atoms with van der Waals surface area (Å²) in [6, 6.07) is 20.5. The van der Waals surface area contributed by atoms with Gasteiger partial charge in [0, 0.05) is 12.8 Å². The molecule has 4 nitrogen and oxygen atoms in total. The minimum atomic E-state index is -0.488. The Labute approximate surface area is 166 Å². The van der Waals surface area contributed by atoms with Crippen LogP contribution in [-0.2, 0) is 14.4 Å². The van der Waals surface area contributed by atoms with Gasteiger partial charge in [-0.25, -0.2) is 4.90 Å².